The molecule has 3 aromatic rings. The molecular formula is C19H16N2O2S. The van der Waals surface area contributed by atoms with E-state index >= 15 is 0 Å². The third-order valence-corrected chi connectivity index (χ3v) is 4.78. The van der Waals surface area contributed by atoms with E-state index in [1.807, 2.05) is 48.7 Å². The molecule has 120 valence electrons. The van der Waals surface area contributed by atoms with Gasteiger partial charge in [0.1, 0.15) is 5.75 Å². The number of thiazole rings is 1. The van der Waals surface area contributed by atoms with Crippen molar-refractivity contribution in [3.8, 4) is 17.0 Å². The second-order valence-electron chi connectivity index (χ2n) is 5.78. The second kappa shape index (κ2) is 6.09. The average molecular weight is 336 g/mol. The molecule has 5 heteroatoms. The number of aryl methyl sites for hydroxylation is 1. The summed E-state index contributed by atoms with van der Waals surface area (Å²) in [5.41, 5.74) is 4.89. The fourth-order valence-electron chi connectivity index (χ4n) is 2.68. The van der Waals surface area contributed by atoms with Crippen LogP contribution in [0.2, 0.25) is 0 Å². The van der Waals surface area contributed by atoms with Crippen LogP contribution in [0.3, 0.4) is 0 Å². The van der Waals surface area contributed by atoms with E-state index in [0.717, 1.165) is 35.6 Å². The van der Waals surface area contributed by atoms with Gasteiger partial charge in [-0.25, -0.2) is 4.98 Å². The molecule has 1 N–H and O–H groups in total. The normalized spacial score (nSPS) is 12.5. The van der Waals surface area contributed by atoms with Crippen LogP contribution in [0.4, 0.5) is 5.13 Å². The number of amides is 1. The molecule has 2 heterocycles. The zero-order chi connectivity index (χ0) is 16.5. The van der Waals surface area contributed by atoms with Gasteiger partial charge in [-0.05, 0) is 42.8 Å². The maximum atomic E-state index is 12.3. The number of nitrogens with one attached hydrogen (secondary N) is 1. The Bertz CT molecular complexity index is 900. The second-order valence-corrected chi connectivity index (χ2v) is 6.64. The lowest BCUT2D eigenvalue weighted by Gasteiger charge is -2.03. The first kappa shape index (κ1) is 14.9. The molecule has 1 aromatic heterocycles. The summed E-state index contributed by atoms with van der Waals surface area (Å²) in [6.07, 6.45) is 0.935. The summed E-state index contributed by atoms with van der Waals surface area (Å²) in [5.74, 6) is 0.820. The van der Waals surface area contributed by atoms with Gasteiger partial charge in [0, 0.05) is 22.9 Å². The van der Waals surface area contributed by atoms with E-state index in [9.17, 15) is 4.79 Å². The fraction of sp³-hybridized carbons (Fsp3) is 0.158. The topological polar surface area (TPSA) is 51.2 Å². The highest BCUT2D eigenvalue weighted by Crippen LogP contribution is 2.32. The molecule has 0 saturated heterocycles. The Balaban J connectivity index is 1.52. The van der Waals surface area contributed by atoms with Crippen molar-refractivity contribution in [2.45, 2.75) is 13.3 Å². The molecule has 0 fully saturated rings. The molecule has 4 nitrogen and oxygen atoms in total. The number of aromatic nitrogens is 1. The van der Waals surface area contributed by atoms with Crippen molar-refractivity contribution < 1.29 is 9.53 Å². The number of carbonyl (C=O) groups is 1. The third-order valence-electron chi connectivity index (χ3n) is 4.02. The van der Waals surface area contributed by atoms with Crippen molar-refractivity contribution >= 4 is 22.4 Å². The molecule has 0 aliphatic carbocycles. The van der Waals surface area contributed by atoms with Crippen LogP contribution in [-0.4, -0.2) is 17.5 Å². The Labute approximate surface area is 144 Å². The Kier molecular flexibility index (Phi) is 3.78. The number of hydrogen-bond donors (Lipinski definition) is 1. The van der Waals surface area contributed by atoms with E-state index < -0.39 is 0 Å². The Hall–Kier alpha value is -2.66. The van der Waals surface area contributed by atoms with E-state index in [1.165, 1.54) is 16.9 Å². The predicted molar refractivity (Wildman–Crippen MR) is 95.9 cm³/mol. The summed E-state index contributed by atoms with van der Waals surface area (Å²) < 4.78 is 5.53. The largest absolute Gasteiger partial charge is 0.493 e. The lowest BCUT2D eigenvalue weighted by atomic mass is 10.1. The summed E-state index contributed by atoms with van der Waals surface area (Å²) >= 11 is 1.43. The number of benzene rings is 2. The van der Waals surface area contributed by atoms with Crippen LogP contribution in [-0.2, 0) is 6.42 Å². The molecule has 0 unspecified atom stereocenters. The number of ether oxygens (including phenoxy) is 1. The van der Waals surface area contributed by atoms with E-state index in [0.29, 0.717) is 10.7 Å². The van der Waals surface area contributed by atoms with Crippen molar-refractivity contribution in [3.05, 3.63) is 64.5 Å². The molecule has 2 aromatic carbocycles. The van der Waals surface area contributed by atoms with E-state index in [4.69, 9.17) is 4.74 Å². The molecular weight excluding hydrogens is 320 g/mol. The maximum absolute atomic E-state index is 12.3. The van der Waals surface area contributed by atoms with Crippen molar-refractivity contribution in [2.75, 3.05) is 11.9 Å². The zero-order valence-corrected chi connectivity index (χ0v) is 14.0. The minimum absolute atomic E-state index is 0.141. The van der Waals surface area contributed by atoms with Gasteiger partial charge in [0.2, 0.25) is 0 Å². The number of hydrogen-bond acceptors (Lipinski definition) is 4. The highest BCUT2D eigenvalue weighted by molar-refractivity contribution is 7.14. The molecule has 0 atom stereocenters. The summed E-state index contributed by atoms with van der Waals surface area (Å²) in [6.45, 7) is 2.74. The number of fused-ring (bicyclic) bond motifs is 1. The van der Waals surface area contributed by atoms with Gasteiger partial charge in [0.15, 0.2) is 5.13 Å². The zero-order valence-electron chi connectivity index (χ0n) is 13.2. The first-order chi connectivity index (χ1) is 11.7. The van der Waals surface area contributed by atoms with Crippen LogP contribution < -0.4 is 10.1 Å². The Morgan fingerprint density at radius 1 is 1.21 bits per heavy atom. The predicted octanol–water partition coefficient (Wildman–Crippen LogP) is 4.31. The van der Waals surface area contributed by atoms with Crippen LogP contribution in [0.25, 0.3) is 11.3 Å². The van der Waals surface area contributed by atoms with Crippen LogP contribution in [0.5, 0.6) is 5.75 Å². The highest BCUT2D eigenvalue weighted by atomic mass is 32.1. The number of rotatable bonds is 3. The lowest BCUT2D eigenvalue weighted by Crippen LogP contribution is -2.11. The van der Waals surface area contributed by atoms with Gasteiger partial charge in [0.05, 0.1) is 12.3 Å². The van der Waals surface area contributed by atoms with Crippen LogP contribution in [0.1, 0.15) is 21.5 Å². The molecule has 0 radical (unpaired) electrons. The Morgan fingerprint density at radius 2 is 2.04 bits per heavy atom. The van der Waals surface area contributed by atoms with E-state index in [-0.39, 0.29) is 5.91 Å². The first-order valence-electron chi connectivity index (χ1n) is 7.79. The van der Waals surface area contributed by atoms with E-state index in [1.54, 1.807) is 0 Å². The van der Waals surface area contributed by atoms with Crippen molar-refractivity contribution in [1.29, 1.82) is 0 Å². The quantitative estimate of drug-likeness (QED) is 0.775. The molecule has 1 amide bonds. The third kappa shape index (κ3) is 2.90. The number of carbonyl (C=O) groups excluding carboxylic acids is 1. The smallest absolute Gasteiger partial charge is 0.257 e. The van der Waals surface area contributed by atoms with Crippen molar-refractivity contribution in [2.24, 2.45) is 0 Å². The van der Waals surface area contributed by atoms with Crippen LogP contribution >= 0.6 is 11.3 Å². The van der Waals surface area contributed by atoms with Crippen LogP contribution in [0, 0.1) is 6.92 Å². The summed E-state index contributed by atoms with van der Waals surface area (Å²) in [7, 11) is 0. The molecule has 0 bridgehead atoms. The molecule has 1 aliphatic heterocycles. The standard InChI is InChI=1S/C19H16N2O2S/c1-12-2-4-13(5-3-12)18(22)21-19-20-16(11-24-19)14-6-7-17-15(10-14)8-9-23-17/h2-7,10-11H,8-9H2,1H3,(H,20,21,22). The number of nitrogens with zero attached hydrogens (tertiary/aromatic N) is 1. The maximum Gasteiger partial charge on any atom is 0.257 e. The van der Waals surface area contributed by atoms with Gasteiger partial charge in [0.25, 0.3) is 5.91 Å². The van der Waals surface area contributed by atoms with Gasteiger partial charge in [-0.1, -0.05) is 17.7 Å². The van der Waals surface area contributed by atoms with Gasteiger partial charge >= 0.3 is 0 Å². The lowest BCUT2D eigenvalue weighted by molar-refractivity contribution is 0.102. The van der Waals surface area contributed by atoms with Crippen molar-refractivity contribution in [1.82, 2.24) is 4.98 Å². The first-order valence-corrected chi connectivity index (χ1v) is 8.67. The van der Waals surface area contributed by atoms with Crippen molar-refractivity contribution in [3.63, 3.8) is 0 Å². The minimum atomic E-state index is -0.141. The molecule has 0 saturated carbocycles. The van der Waals surface area contributed by atoms with Gasteiger partial charge in [-0.3, -0.25) is 10.1 Å². The van der Waals surface area contributed by atoms with Gasteiger partial charge in [-0.2, -0.15) is 0 Å². The SMILES string of the molecule is Cc1ccc(C(=O)Nc2nc(-c3ccc4c(c3)CCO4)cs2)cc1. The molecule has 4 rings (SSSR count). The minimum Gasteiger partial charge on any atom is -0.493 e. The Morgan fingerprint density at radius 3 is 2.88 bits per heavy atom. The van der Waals surface area contributed by atoms with E-state index in [2.05, 4.69) is 16.4 Å². The molecule has 0 spiro atoms. The fourth-order valence-corrected chi connectivity index (χ4v) is 3.40. The molecule has 1 aliphatic rings. The van der Waals surface area contributed by atoms with Crippen LogP contribution in [0.15, 0.2) is 47.8 Å². The highest BCUT2D eigenvalue weighted by Gasteiger charge is 2.14. The van der Waals surface area contributed by atoms with Gasteiger partial charge < -0.3 is 4.74 Å². The van der Waals surface area contributed by atoms with Gasteiger partial charge in [-0.15, -0.1) is 11.3 Å². The summed E-state index contributed by atoms with van der Waals surface area (Å²) in [6, 6.07) is 13.6. The number of anilines is 1. The monoisotopic (exact) mass is 336 g/mol. The average Bonchev–Trinajstić information content (AvgIpc) is 3.23. The summed E-state index contributed by atoms with van der Waals surface area (Å²) in [4.78, 5) is 16.8. The molecule has 24 heavy (non-hydrogen) atoms. The summed E-state index contributed by atoms with van der Waals surface area (Å²) in [5, 5.41) is 5.43.